The number of pyridine rings is 2. The van der Waals surface area contributed by atoms with Crippen molar-refractivity contribution in [3.05, 3.63) is 69.6 Å². The predicted molar refractivity (Wildman–Crippen MR) is 146 cm³/mol. The molecule has 2 atom stereocenters. The first kappa shape index (κ1) is 26.0. The van der Waals surface area contributed by atoms with Gasteiger partial charge < -0.3 is 15.4 Å². The van der Waals surface area contributed by atoms with Gasteiger partial charge in [0.05, 0.1) is 23.7 Å². The minimum absolute atomic E-state index is 0.157. The summed E-state index contributed by atoms with van der Waals surface area (Å²) in [6.07, 6.45) is 9.31. The van der Waals surface area contributed by atoms with E-state index in [4.69, 9.17) is 33.5 Å². The summed E-state index contributed by atoms with van der Waals surface area (Å²) in [4.78, 5) is 38.2. The van der Waals surface area contributed by atoms with Crippen LogP contribution < -0.4 is 5.73 Å². The Morgan fingerprint density at radius 2 is 2.11 bits per heavy atom. The van der Waals surface area contributed by atoms with Gasteiger partial charge in [-0.05, 0) is 55.5 Å². The molecule has 196 valence electrons. The minimum atomic E-state index is -0.627. The normalized spacial score (nSPS) is 19.1. The van der Waals surface area contributed by atoms with Crippen molar-refractivity contribution in [1.82, 2.24) is 19.8 Å². The Balaban J connectivity index is 1.35. The third kappa shape index (κ3) is 5.04. The lowest BCUT2D eigenvalue weighted by Crippen LogP contribution is -2.60. The molecule has 2 aromatic heterocycles. The highest BCUT2D eigenvalue weighted by molar-refractivity contribution is 6.36. The van der Waals surface area contributed by atoms with Crippen molar-refractivity contribution in [2.75, 3.05) is 26.2 Å². The van der Waals surface area contributed by atoms with E-state index in [0.29, 0.717) is 35.8 Å². The van der Waals surface area contributed by atoms with Gasteiger partial charge in [-0.1, -0.05) is 30.5 Å². The van der Waals surface area contributed by atoms with Crippen LogP contribution in [0.2, 0.25) is 5.02 Å². The van der Waals surface area contributed by atoms with Crippen LogP contribution in [0, 0.1) is 12.3 Å². The van der Waals surface area contributed by atoms with Gasteiger partial charge in [-0.3, -0.25) is 19.7 Å². The zero-order valence-electron chi connectivity index (χ0n) is 21.3. The standard InChI is InChI=1S/C29H30ClN5O3/c1-3-13-38-29(37)35-12-11-34(17-26(35)31)28(36)20-7-9-22-25(15-20)33-24-14-19(6-8-21(24)27(22)30)23-10-5-18(4-2)16-32-23/h2,5,7,9-10,15-16,19,26H,3,6,8,11-14,17,31H2,1H3/t19?,26-/m0/s1. The van der Waals surface area contributed by atoms with Crippen LogP contribution >= 0.6 is 11.6 Å². The molecular weight excluding hydrogens is 502 g/mol. The number of nitrogens with two attached hydrogens (primary N) is 1. The number of hydrogen-bond donors (Lipinski definition) is 1. The number of benzene rings is 1. The largest absolute Gasteiger partial charge is 0.449 e. The number of carbonyl (C=O) groups excluding carboxylic acids is 2. The molecule has 1 aliphatic heterocycles. The van der Waals surface area contributed by atoms with Gasteiger partial charge in [0.2, 0.25) is 0 Å². The smallest absolute Gasteiger partial charge is 0.411 e. The summed E-state index contributed by atoms with van der Waals surface area (Å²) in [6, 6.07) is 9.33. The molecule has 3 heterocycles. The third-order valence-corrected chi connectivity index (χ3v) is 7.71. The predicted octanol–water partition coefficient (Wildman–Crippen LogP) is 4.13. The molecule has 38 heavy (non-hydrogen) atoms. The van der Waals surface area contributed by atoms with E-state index >= 15 is 0 Å². The summed E-state index contributed by atoms with van der Waals surface area (Å²) in [5.74, 6) is 2.67. The number of hydrogen-bond acceptors (Lipinski definition) is 6. The van der Waals surface area contributed by atoms with Gasteiger partial charge in [0.1, 0.15) is 6.17 Å². The number of rotatable bonds is 4. The number of carbonyl (C=O) groups is 2. The lowest BCUT2D eigenvalue weighted by Gasteiger charge is -2.38. The lowest BCUT2D eigenvalue weighted by atomic mass is 9.84. The molecule has 2 amide bonds. The Kier molecular flexibility index (Phi) is 7.50. The molecule has 2 N–H and O–H groups in total. The maximum Gasteiger partial charge on any atom is 0.411 e. The summed E-state index contributed by atoms with van der Waals surface area (Å²) >= 11 is 6.84. The number of aromatic nitrogens is 2. The number of terminal acetylenes is 1. The fourth-order valence-corrected chi connectivity index (χ4v) is 5.55. The van der Waals surface area contributed by atoms with Crippen molar-refractivity contribution in [3.63, 3.8) is 0 Å². The summed E-state index contributed by atoms with van der Waals surface area (Å²) in [5, 5.41) is 1.52. The summed E-state index contributed by atoms with van der Waals surface area (Å²) in [7, 11) is 0. The van der Waals surface area contributed by atoms with Crippen LogP contribution in [0.25, 0.3) is 10.9 Å². The molecule has 0 radical (unpaired) electrons. The van der Waals surface area contributed by atoms with E-state index < -0.39 is 12.3 Å². The number of ether oxygens (including phenoxy) is 1. The Morgan fingerprint density at radius 3 is 2.82 bits per heavy atom. The maximum absolute atomic E-state index is 13.4. The highest BCUT2D eigenvalue weighted by Gasteiger charge is 2.32. The van der Waals surface area contributed by atoms with Crippen molar-refractivity contribution in [2.45, 2.75) is 44.7 Å². The van der Waals surface area contributed by atoms with E-state index in [0.717, 1.165) is 53.6 Å². The van der Waals surface area contributed by atoms with Gasteiger partial charge >= 0.3 is 6.09 Å². The molecule has 1 unspecified atom stereocenters. The first-order valence-electron chi connectivity index (χ1n) is 12.9. The molecule has 1 fully saturated rings. The van der Waals surface area contributed by atoms with Crippen LogP contribution in [0.5, 0.6) is 0 Å². The van der Waals surface area contributed by atoms with Crippen molar-refractivity contribution in [3.8, 4) is 12.3 Å². The summed E-state index contributed by atoms with van der Waals surface area (Å²) in [6.45, 7) is 3.19. The van der Waals surface area contributed by atoms with Crippen molar-refractivity contribution in [1.29, 1.82) is 0 Å². The monoisotopic (exact) mass is 531 g/mol. The number of fused-ring (bicyclic) bond motifs is 2. The average molecular weight is 532 g/mol. The van der Waals surface area contributed by atoms with Crippen LogP contribution in [-0.4, -0.2) is 64.2 Å². The fourth-order valence-electron chi connectivity index (χ4n) is 5.18. The molecule has 1 aromatic carbocycles. The Morgan fingerprint density at radius 1 is 1.26 bits per heavy atom. The Hall–Kier alpha value is -3.67. The molecule has 0 saturated carbocycles. The molecule has 1 saturated heterocycles. The topological polar surface area (TPSA) is 102 Å². The quantitative estimate of drug-likeness (QED) is 0.508. The van der Waals surface area contributed by atoms with Crippen LogP contribution in [-0.2, 0) is 17.6 Å². The second kappa shape index (κ2) is 11.0. The van der Waals surface area contributed by atoms with Gasteiger partial charge in [0, 0.05) is 53.1 Å². The number of nitrogens with zero attached hydrogens (tertiary/aromatic N) is 4. The molecule has 0 bridgehead atoms. The number of halogens is 1. The average Bonchev–Trinajstić information content (AvgIpc) is 2.95. The van der Waals surface area contributed by atoms with Crippen LogP contribution in [0.4, 0.5) is 4.79 Å². The zero-order valence-corrected chi connectivity index (χ0v) is 22.1. The Labute approximate surface area is 227 Å². The lowest BCUT2D eigenvalue weighted by molar-refractivity contribution is 0.0390. The van der Waals surface area contributed by atoms with E-state index in [1.165, 1.54) is 4.90 Å². The second-order valence-electron chi connectivity index (χ2n) is 9.77. The molecule has 1 aliphatic carbocycles. The SMILES string of the molecule is C#Cc1ccc(C2CCc3c(nc4cc(C(=O)N5CCN(C(=O)OCCC)[C@H](N)C5)ccc4c3Cl)C2)nc1. The van der Waals surface area contributed by atoms with E-state index in [-0.39, 0.29) is 18.4 Å². The summed E-state index contributed by atoms with van der Waals surface area (Å²) < 4.78 is 5.20. The molecule has 2 aliphatic rings. The maximum atomic E-state index is 13.4. The molecule has 3 aromatic rings. The first-order chi connectivity index (χ1) is 18.4. The fraction of sp³-hybridized carbons (Fsp3) is 0.379. The highest BCUT2D eigenvalue weighted by atomic mass is 35.5. The van der Waals surface area contributed by atoms with Gasteiger partial charge in [-0.15, -0.1) is 6.42 Å². The first-order valence-corrected chi connectivity index (χ1v) is 13.3. The summed E-state index contributed by atoms with van der Waals surface area (Å²) in [5.41, 5.74) is 11.1. The molecule has 5 rings (SSSR count). The van der Waals surface area contributed by atoms with Crippen LogP contribution in [0.15, 0.2) is 36.5 Å². The highest BCUT2D eigenvalue weighted by Crippen LogP contribution is 2.38. The Bertz CT molecular complexity index is 1420. The van der Waals surface area contributed by atoms with Gasteiger partial charge in [0.25, 0.3) is 5.91 Å². The van der Waals surface area contributed by atoms with E-state index in [1.54, 1.807) is 23.2 Å². The van der Waals surface area contributed by atoms with E-state index in [2.05, 4.69) is 10.9 Å². The van der Waals surface area contributed by atoms with Crippen molar-refractivity contribution >= 4 is 34.5 Å². The zero-order chi connectivity index (χ0) is 26.8. The molecule has 0 spiro atoms. The van der Waals surface area contributed by atoms with Crippen molar-refractivity contribution in [2.24, 2.45) is 5.73 Å². The minimum Gasteiger partial charge on any atom is -0.449 e. The van der Waals surface area contributed by atoms with Crippen molar-refractivity contribution < 1.29 is 14.3 Å². The van der Waals surface area contributed by atoms with E-state index in [9.17, 15) is 9.59 Å². The van der Waals surface area contributed by atoms with Gasteiger partial charge in [-0.2, -0.15) is 0 Å². The number of piperazine rings is 1. The number of amides is 2. The van der Waals surface area contributed by atoms with Gasteiger partial charge in [0.15, 0.2) is 0 Å². The molecule has 8 nitrogen and oxygen atoms in total. The molecule has 9 heteroatoms. The van der Waals surface area contributed by atoms with Gasteiger partial charge in [-0.25, -0.2) is 4.79 Å². The third-order valence-electron chi connectivity index (χ3n) is 7.27. The molecular formula is C29H30ClN5O3. The van der Waals surface area contributed by atoms with E-state index in [1.807, 2.05) is 25.1 Å². The van der Waals surface area contributed by atoms with Crippen LogP contribution in [0.1, 0.15) is 58.6 Å². The second-order valence-corrected chi connectivity index (χ2v) is 10.1. The van der Waals surface area contributed by atoms with Crippen LogP contribution in [0.3, 0.4) is 0 Å².